The van der Waals surface area contributed by atoms with Crippen LogP contribution in [-0.4, -0.2) is 85.4 Å². The third kappa shape index (κ3) is 6.86. The predicted molar refractivity (Wildman–Crippen MR) is 140 cm³/mol. The number of hydrogen-bond donors (Lipinski definition) is 3. The normalized spacial score (nSPS) is 19.6. The number of fused-ring (bicyclic) bond motifs is 1. The van der Waals surface area contributed by atoms with Crippen molar-refractivity contribution in [3.05, 3.63) is 22.3 Å². The van der Waals surface area contributed by atoms with Crippen LogP contribution in [0.25, 0.3) is 0 Å². The van der Waals surface area contributed by atoms with E-state index in [0.29, 0.717) is 0 Å². The van der Waals surface area contributed by atoms with Crippen LogP contribution in [-0.2, 0) is 38.3 Å². The smallest absolute Gasteiger partial charge is 0.353 e. The number of rotatable bonds is 9. The maximum absolute atomic E-state index is 13.3. The van der Waals surface area contributed by atoms with Crippen LogP contribution in [0.1, 0.15) is 47.2 Å². The van der Waals surface area contributed by atoms with Crippen LogP contribution in [0.5, 0.6) is 0 Å². The molecule has 16 heteroatoms. The van der Waals surface area contributed by atoms with E-state index >= 15 is 0 Å². The monoisotopic (exact) mass is 583 g/mol. The lowest BCUT2D eigenvalue weighted by atomic mass is 10.0. The van der Waals surface area contributed by atoms with Gasteiger partial charge in [-0.05, 0) is 34.6 Å². The van der Waals surface area contributed by atoms with Crippen molar-refractivity contribution in [1.82, 2.24) is 15.2 Å². The summed E-state index contributed by atoms with van der Waals surface area (Å²) in [7, 11) is 0. The van der Waals surface area contributed by atoms with Gasteiger partial charge in [0.2, 0.25) is 5.60 Å². The van der Waals surface area contributed by atoms with E-state index in [4.69, 9.17) is 20.0 Å². The van der Waals surface area contributed by atoms with E-state index in [1.54, 1.807) is 20.8 Å². The van der Waals surface area contributed by atoms with Gasteiger partial charge in [-0.1, -0.05) is 5.16 Å². The molecule has 1 fully saturated rings. The molecule has 0 spiro atoms. The number of carboxylic acid groups (broad SMARTS) is 1. The number of esters is 2. The van der Waals surface area contributed by atoms with Crippen LogP contribution in [0.3, 0.4) is 0 Å². The molecule has 1 saturated heterocycles. The fourth-order valence-electron chi connectivity index (χ4n) is 3.39. The summed E-state index contributed by atoms with van der Waals surface area (Å²) in [5, 5.41) is 17.0. The molecular formula is C23H29N5O9S2. The molecule has 212 valence electrons. The van der Waals surface area contributed by atoms with Crippen molar-refractivity contribution < 1.29 is 43.4 Å². The molecule has 4 N–H and O–H groups in total. The summed E-state index contributed by atoms with van der Waals surface area (Å²) in [4.78, 5) is 72.4. The molecule has 0 unspecified atom stereocenters. The van der Waals surface area contributed by atoms with E-state index in [-0.39, 0.29) is 40.2 Å². The number of β-lactam (4-membered cyclic amide) rings is 1. The highest BCUT2D eigenvalue weighted by Gasteiger charge is 2.54. The second-order valence-electron chi connectivity index (χ2n) is 10.0. The Morgan fingerprint density at radius 1 is 1.26 bits per heavy atom. The molecule has 2 aliphatic rings. The van der Waals surface area contributed by atoms with Gasteiger partial charge in [0.15, 0.2) is 10.8 Å². The largest absolute Gasteiger partial charge is 0.477 e. The molecule has 14 nitrogen and oxygen atoms in total. The summed E-state index contributed by atoms with van der Waals surface area (Å²) in [6.07, 6.45) is 0. The van der Waals surface area contributed by atoms with Crippen LogP contribution >= 0.6 is 23.1 Å². The first kappa shape index (κ1) is 29.9. The minimum Gasteiger partial charge on any atom is -0.477 e. The van der Waals surface area contributed by atoms with Crippen LogP contribution < -0.4 is 11.1 Å². The van der Waals surface area contributed by atoms with Crippen molar-refractivity contribution in [2.75, 3.05) is 18.1 Å². The van der Waals surface area contributed by atoms with Crippen molar-refractivity contribution >= 4 is 63.7 Å². The number of oxime groups is 1. The molecule has 0 saturated carbocycles. The Morgan fingerprint density at radius 3 is 2.46 bits per heavy atom. The van der Waals surface area contributed by atoms with Gasteiger partial charge in [0.05, 0.1) is 0 Å². The Kier molecular flexibility index (Phi) is 8.60. The maximum atomic E-state index is 13.3. The minimum absolute atomic E-state index is 0.0460. The highest BCUT2D eigenvalue weighted by Crippen LogP contribution is 2.40. The Labute approximate surface area is 231 Å². The lowest BCUT2D eigenvalue weighted by molar-refractivity contribution is -0.179. The molecule has 1 aromatic heterocycles. The fourth-order valence-corrected chi connectivity index (χ4v) is 5.27. The van der Waals surface area contributed by atoms with Gasteiger partial charge in [0.25, 0.3) is 11.8 Å². The zero-order valence-electron chi connectivity index (χ0n) is 22.1. The molecule has 3 rings (SSSR count). The summed E-state index contributed by atoms with van der Waals surface area (Å²) in [6, 6.07) is -1.09. The summed E-state index contributed by atoms with van der Waals surface area (Å²) >= 11 is 2.24. The van der Waals surface area contributed by atoms with Crippen molar-refractivity contribution in [1.29, 1.82) is 0 Å². The molecule has 0 radical (unpaired) electrons. The molecular weight excluding hydrogens is 554 g/mol. The number of nitrogens with two attached hydrogens (primary N) is 1. The van der Waals surface area contributed by atoms with Gasteiger partial charge in [-0.15, -0.1) is 23.1 Å². The third-order valence-corrected chi connectivity index (χ3v) is 7.23. The summed E-state index contributed by atoms with van der Waals surface area (Å²) in [5.74, 6) is -4.05. The van der Waals surface area contributed by atoms with E-state index < -0.39 is 52.3 Å². The lowest BCUT2D eigenvalue weighted by Crippen LogP contribution is -2.71. The van der Waals surface area contributed by atoms with Gasteiger partial charge >= 0.3 is 17.9 Å². The zero-order chi connectivity index (χ0) is 29.3. The SMILES string of the molecule is CC(=O)OCC1=C(C(=O)O)N2C(=O)[C@@H](NC(=O)/C(=N\OC(C)(C)C(=O)OC(C)(C)C)c3csc(N)n3)[C@H]2SC1. The standard InChI is InChI=1S/C23H29N5O9S2/c1-10(29)35-7-11-8-38-18-14(17(31)28(18)15(11)19(32)33)26-16(30)13(12-9-39-21(24)25-12)27-37-23(5,6)20(34)36-22(2,3)4/h9,14,18H,7-8H2,1-6H3,(H2,24,25)(H,26,30)(H,32,33)/b27-13-/t14-,18-/m1/s1. The van der Waals surface area contributed by atoms with Crippen LogP contribution in [0.2, 0.25) is 0 Å². The van der Waals surface area contributed by atoms with Crippen molar-refractivity contribution in [3.63, 3.8) is 0 Å². The number of hydrogen-bond acceptors (Lipinski definition) is 13. The molecule has 0 aromatic carbocycles. The van der Waals surface area contributed by atoms with E-state index in [1.165, 1.54) is 37.9 Å². The molecule has 2 amide bonds. The number of anilines is 1. The average Bonchev–Trinajstić information content (AvgIpc) is 3.24. The highest BCUT2D eigenvalue weighted by molar-refractivity contribution is 8.00. The summed E-state index contributed by atoms with van der Waals surface area (Å²) < 4.78 is 10.3. The third-order valence-electron chi connectivity index (χ3n) is 5.22. The van der Waals surface area contributed by atoms with Gasteiger partial charge in [0, 0.05) is 23.6 Å². The number of thioether (sulfide) groups is 1. The topological polar surface area (TPSA) is 200 Å². The number of amides is 2. The predicted octanol–water partition coefficient (Wildman–Crippen LogP) is 0.868. The number of carbonyl (C=O) groups is 5. The number of nitrogen functional groups attached to an aromatic ring is 1. The van der Waals surface area contributed by atoms with Crippen molar-refractivity contribution in [3.8, 4) is 0 Å². The molecule has 2 aliphatic heterocycles. The molecule has 2 atom stereocenters. The molecule has 0 aliphatic carbocycles. The van der Waals surface area contributed by atoms with Crippen LogP contribution in [0.15, 0.2) is 21.8 Å². The zero-order valence-corrected chi connectivity index (χ0v) is 23.7. The second kappa shape index (κ2) is 11.2. The molecule has 3 heterocycles. The Hall–Kier alpha value is -3.66. The van der Waals surface area contributed by atoms with Gasteiger partial charge in [-0.2, -0.15) is 0 Å². The van der Waals surface area contributed by atoms with Gasteiger partial charge in [0.1, 0.15) is 35.0 Å². The first-order chi connectivity index (χ1) is 18.0. The number of aliphatic carboxylic acids is 1. The molecule has 39 heavy (non-hydrogen) atoms. The number of nitrogens with one attached hydrogen (secondary N) is 1. The minimum atomic E-state index is -1.58. The van der Waals surface area contributed by atoms with Crippen molar-refractivity contribution in [2.24, 2.45) is 5.16 Å². The van der Waals surface area contributed by atoms with Gasteiger partial charge in [-0.25, -0.2) is 14.6 Å². The first-order valence-electron chi connectivity index (χ1n) is 11.6. The fraction of sp³-hybridized carbons (Fsp3) is 0.522. The Bertz CT molecular complexity index is 1260. The lowest BCUT2D eigenvalue weighted by Gasteiger charge is -2.49. The average molecular weight is 584 g/mol. The molecule has 0 bridgehead atoms. The summed E-state index contributed by atoms with van der Waals surface area (Å²) in [6.45, 7) is 8.80. The number of aromatic nitrogens is 1. The van der Waals surface area contributed by atoms with E-state index in [0.717, 1.165) is 16.2 Å². The highest BCUT2D eigenvalue weighted by atomic mass is 32.2. The first-order valence-corrected chi connectivity index (χ1v) is 13.5. The number of carboxylic acids is 1. The van der Waals surface area contributed by atoms with Crippen molar-refractivity contribution in [2.45, 2.75) is 64.2 Å². The molecule has 1 aromatic rings. The number of nitrogens with zero attached hydrogens (tertiary/aromatic N) is 3. The summed E-state index contributed by atoms with van der Waals surface area (Å²) in [5.41, 5.74) is 3.00. The Morgan fingerprint density at radius 2 is 1.92 bits per heavy atom. The van der Waals surface area contributed by atoms with Crippen LogP contribution in [0.4, 0.5) is 5.13 Å². The number of ether oxygens (including phenoxy) is 2. The second-order valence-corrected chi connectivity index (χ2v) is 12.0. The number of carbonyl (C=O) groups excluding carboxylic acids is 4. The Balaban J connectivity index is 1.82. The quantitative estimate of drug-likeness (QED) is 0.161. The van der Waals surface area contributed by atoms with E-state index in [2.05, 4.69) is 15.5 Å². The number of thiazole rings is 1. The van der Waals surface area contributed by atoms with Gasteiger partial charge in [-0.3, -0.25) is 19.3 Å². The van der Waals surface area contributed by atoms with E-state index in [1.807, 2.05) is 0 Å². The van der Waals surface area contributed by atoms with Crippen LogP contribution in [0, 0.1) is 0 Å². The van der Waals surface area contributed by atoms with Gasteiger partial charge < -0.3 is 30.5 Å². The maximum Gasteiger partial charge on any atom is 0.353 e. The van der Waals surface area contributed by atoms with E-state index in [9.17, 15) is 29.1 Å².